The monoisotopic (exact) mass is 365 g/mol. The Morgan fingerprint density at radius 2 is 1.96 bits per heavy atom. The van der Waals surface area contributed by atoms with E-state index in [0.717, 1.165) is 30.0 Å². The molecule has 0 spiro atoms. The highest BCUT2D eigenvalue weighted by molar-refractivity contribution is 5.81. The molecule has 2 saturated heterocycles. The van der Waals surface area contributed by atoms with Crippen molar-refractivity contribution < 1.29 is 4.84 Å². The second kappa shape index (κ2) is 6.17. The number of piperazine rings is 1. The maximum absolute atomic E-state index is 6.10. The number of hydrogen-bond donors (Lipinski definition) is 1. The fourth-order valence-corrected chi connectivity index (χ4v) is 4.12. The lowest BCUT2D eigenvalue weighted by molar-refractivity contribution is -0.0929. The van der Waals surface area contributed by atoms with Crippen molar-refractivity contribution in [2.45, 2.75) is 32.0 Å². The Morgan fingerprint density at radius 1 is 1.15 bits per heavy atom. The molecule has 2 aliphatic rings. The molecule has 2 bridgehead atoms. The van der Waals surface area contributed by atoms with Crippen LogP contribution in [0.4, 0.5) is 5.82 Å². The molecule has 8 nitrogen and oxygen atoms in total. The van der Waals surface area contributed by atoms with E-state index in [-0.39, 0.29) is 0 Å². The maximum atomic E-state index is 6.10. The van der Waals surface area contributed by atoms with E-state index in [1.165, 1.54) is 6.42 Å². The first kappa shape index (κ1) is 16.5. The van der Waals surface area contributed by atoms with Gasteiger partial charge in [-0.25, -0.2) is 15.0 Å². The summed E-state index contributed by atoms with van der Waals surface area (Å²) in [5.74, 6) is 1.95. The largest absolute Gasteiger partial charge is 0.406 e. The lowest BCUT2D eigenvalue weighted by Gasteiger charge is -2.31. The molecule has 4 heterocycles. The van der Waals surface area contributed by atoms with Gasteiger partial charge >= 0.3 is 0 Å². The number of anilines is 1. The third-order valence-electron chi connectivity index (χ3n) is 5.57. The van der Waals surface area contributed by atoms with Crippen molar-refractivity contribution in [1.29, 1.82) is 0 Å². The van der Waals surface area contributed by atoms with Crippen LogP contribution in [-0.4, -0.2) is 61.7 Å². The second-order valence-corrected chi connectivity index (χ2v) is 7.52. The van der Waals surface area contributed by atoms with Crippen LogP contribution in [-0.2, 0) is 6.54 Å². The summed E-state index contributed by atoms with van der Waals surface area (Å²) in [5, 5.41) is 2.13. The third kappa shape index (κ3) is 2.90. The van der Waals surface area contributed by atoms with Gasteiger partial charge in [-0.05, 0) is 38.1 Å². The summed E-state index contributed by atoms with van der Waals surface area (Å²) in [5.41, 5.74) is 8.51. The molecule has 2 aromatic heterocycles. The van der Waals surface area contributed by atoms with Crippen molar-refractivity contribution in [3.8, 4) is 5.75 Å². The van der Waals surface area contributed by atoms with Crippen LogP contribution >= 0.6 is 0 Å². The first-order valence-corrected chi connectivity index (χ1v) is 9.25. The van der Waals surface area contributed by atoms with Crippen molar-refractivity contribution in [2.24, 2.45) is 0 Å². The Bertz CT molecular complexity index is 982. The van der Waals surface area contributed by atoms with Gasteiger partial charge in [0.2, 0.25) is 0 Å². The topological polar surface area (TPSA) is 85.3 Å². The Kier molecular flexibility index (Phi) is 3.76. The number of fused-ring (bicyclic) bond motifs is 3. The summed E-state index contributed by atoms with van der Waals surface area (Å²) >= 11 is 0. The number of nitrogens with two attached hydrogens (primary N) is 1. The fourth-order valence-electron chi connectivity index (χ4n) is 4.12. The van der Waals surface area contributed by atoms with Crippen LogP contribution in [0.3, 0.4) is 0 Å². The lowest BCUT2D eigenvalue weighted by atomic mass is 10.2. The average molecular weight is 365 g/mol. The van der Waals surface area contributed by atoms with Crippen LogP contribution < -0.4 is 10.6 Å². The zero-order valence-electron chi connectivity index (χ0n) is 15.5. The number of aromatic nitrogens is 4. The molecule has 0 saturated carbocycles. The van der Waals surface area contributed by atoms with Gasteiger partial charge in [-0.2, -0.15) is 0 Å². The van der Waals surface area contributed by atoms with E-state index in [9.17, 15) is 0 Å². The van der Waals surface area contributed by atoms with Gasteiger partial charge in [-0.3, -0.25) is 0 Å². The zero-order valence-corrected chi connectivity index (χ0v) is 15.5. The summed E-state index contributed by atoms with van der Waals surface area (Å²) in [6, 6.07) is 9.35. The Hall–Kier alpha value is -2.71. The summed E-state index contributed by atoms with van der Waals surface area (Å²) < 4.78 is 1.99. The highest BCUT2D eigenvalue weighted by Crippen LogP contribution is 2.30. The number of imidazole rings is 1. The van der Waals surface area contributed by atoms with Gasteiger partial charge in [0.15, 0.2) is 11.5 Å². The van der Waals surface area contributed by atoms with Gasteiger partial charge < -0.3 is 20.0 Å². The Labute approximate surface area is 157 Å². The first-order valence-electron chi connectivity index (χ1n) is 9.25. The number of nitrogens with zero attached hydrogens (tertiary/aromatic N) is 6. The number of rotatable bonds is 4. The molecule has 0 amide bonds. The van der Waals surface area contributed by atoms with E-state index in [2.05, 4.69) is 44.1 Å². The summed E-state index contributed by atoms with van der Waals surface area (Å²) in [6.07, 6.45) is 2.96. The second-order valence-electron chi connectivity index (χ2n) is 7.52. The van der Waals surface area contributed by atoms with Crippen molar-refractivity contribution in [3.63, 3.8) is 0 Å². The molecule has 0 unspecified atom stereocenters. The third-order valence-corrected chi connectivity index (χ3v) is 5.57. The molecule has 2 fully saturated rings. The van der Waals surface area contributed by atoms with Crippen LogP contribution in [0.2, 0.25) is 0 Å². The van der Waals surface area contributed by atoms with E-state index in [1.54, 1.807) is 6.33 Å². The molecule has 2 N–H and O–H groups in total. The maximum Gasteiger partial charge on any atom is 0.166 e. The average Bonchev–Trinajstić information content (AvgIpc) is 3.31. The minimum atomic E-state index is 0.422. The predicted molar refractivity (Wildman–Crippen MR) is 102 cm³/mol. The predicted octanol–water partition coefficient (Wildman–Crippen LogP) is 1.45. The lowest BCUT2D eigenvalue weighted by Crippen LogP contribution is -2.45. The molecule has 0 radical (unpaired) electrons. The molecule has 2 atom stereocenters. The van der Waals surface area contributed by atoms with Crippen LogP contribution in [0, 0.1) is 6.92 Å². The molecule has 8 heteroatoms. The quantitative estimate of drug-likeness (QED) is 0.749. The van der Waals surface area contributed by atoms with Crippen molar-refractivity contribution in [1.82, 2.24) is 29.5 Å². The summed E-state index contributed by atoms with van der Waals surface area (Å²) in [4.78, 5) is 21.5. The Balaban J connectivity index is 1.30. The standard InChI is InChI=1S/C19H23N7O/c1-12-22-18(20)17-19(23-12)25(11-21-17)8-13-3-5-16(6-4-13)27-26-10-14-7-15(26)9-24(14)2/h3-6,11,14-15H,7-10H2,1-2H3,(H2,20,22,23)/t14-,15-/m0/s1. The molecule has 0 aliphatic carbocycles. The molecule has 140 valence electrons. The van der Waals surface area contributed by atoms with Crippen LogP contribution in [0.1, 0.15) is 17.8 Å². The van der Waals surface area contributed by atoms with Gasteiger partial charge in [0.05, 0.1) is 25.5 Å². The number of nitrogen functional groups attached to an aromatic ring is 1. The van der Waals surface area contributed by atoms with E-state index < -0.39 is 0 Å². The summed E-state index contributed by atoms with van der Waals surface area (Å²) in [6.45, 7) is 4.57. The smallest absolute Gasteiger partial charge is 0.166 e. The van der Waals surface area contributed by atoms with Crippen molar-refractivity contribution in [2.75, 3.05) is 25.9 Å². The highest BCUT2D eigenvalue weighted by atomic mass is 16.7. The number of benzene rings is 1. The number of likely N-dealkylation sites (N-methyl/N-ethyl adjacent to an activating group) is 1. The molecule has 2 aliphatic heterocycles. The number of hydrogen-bond acceptors (Lipinski definition) is 7. The number of hydroxylamine groups is 2. The van der Waals surface area contributed by atoms with Gasteiger partial charge in [-0.1, -0.05) is 12.1 Å². The highest BCUT2D eigenvalue weighted by Gasteiger charge is 2.42. The van der Waals surface area contributed by atoms with E-state index in [0.29, 0.717) is 35.8 Å². The first-order chi connectivity index (χ1) is 13.1. The van der Waals surface area contributed by atoms with Crippen LogP contribution in [0.15, 0.2) is 30.6 Å². The SMILES string of the molecule is Cc1nc(N)c2ncn(Cc3ccc(ON4C[C@@H]5C[C@H]4CN5C)cc3)c2n1. The van der Waals surface area contributed by atoms with Gasteiger partial charge in [0, 0.05) is 12.6 Å². The number of likely N-dealkylation sites (tertiary alicyclic amines) is 1. The molecule has 5 rings (SSSR count). The number of aryl methyl sites for hydroxylation is 1. The van der Waals surface area contributed by atoms with Gasteiger partial charge in [0.1, 0.15) is 17.1 Å². The van der Waals surface area contributed by atoms with E-state index >= 15 is 0 Å². The molecule has 1 aromatic carbocycles. The Morgan fingerprint density at radius 3 is 2.67 bits per heavy atom. The van der Waals surface area contributed by atoms with Crippen molar-refractivity contribution in [3.05, 3.63) is 42.0 Å². The van der Waals surface area contributed by atoms with Crippen LogP contribution in [0.25, 0.3) is 11.2 Å². The van der Waals surface area contributed by atoms with Gasteiger partial charge in [-0.15, -0.1) is 5.06 Å². The molecular formula is C19H23N7O. The van der Waals surface area contributed by atoms with Crippen LogP contribution in [0.5, 0.6) is 5.75 Å². The van der Waals surface area contributed by atoms with E-state index in [1.807, 2.05) is 23.6 Å². The normalized spacial score (nSPS) is 22.7. The van der Waals surface area contributed by atoms with Gasteiger partial charge in [0.25, 0.3) is 0 Å². The van der Waals surface area contributed by atoms with Crippen molar-refractivity contribution >= 4 is 17.0 Å². The molecule has 27 heavy (non-hydrogen) atoms. The fraction of sp³-hybridized carbons (Fsp3) is 0.421. The molecule has 3 aromatic rings. The van der Waals surface area contributed by atoms with E-state index in [4.69, 9.17) is 10.6 Å². The zero-order chi connectivity index (χ0) is 18.5. The minimum Gasteiger partial charge on any atom is -0.406 e. The summed E-state index contributed by atoms with van der Waals surface area (Å²) in [7, 11) is 2.19. The molecular weight excluding hydrogens is 342 g/mol. The minimum absolute atomic E-state index is 0.422.